The van der Waals surface area contributed by atoms with Crippen LogP contribution >= 0.6 is 0 Å². The Morgan fingerprint density at radius 1 is 0.913 bits per heavy atom. The second-order valence-corrected chi connectivity index (χ2v) is 4.85. The Balaban J connectivity index is 2.17. The fourth-order valence-electron chi connectivity index (χ4n) is 2.12. The predicted octanol–water partition coefficient (Wildman–Crippen LogP) is 3.65. The fraction of sp³-hybridized carbons (Fsp3) is 0.278. The lowest BCUT2D eigenvalue weighted by molar-refractivity contribution is 0.130. The van der Waals surface area contributed by atoms with E-state index in [1.165, 1.54) is 0 Å². The van der Waals surface area contributed by atoms with Crippen molar-refractivity contribution in [2.45, 2.75) is 13.5 Å². The minimum Gasteiger partial charge on any atom is -0.493 e. The van der Waals surface area contributed by atoms with E-state index in [4.69, 9.17) is 19.0 Å². The molecule has 0 saturated heterocycles. The van der Waals surface area contributed by atoms with Gasteiger partial charge in [-0.1, -0.05) is 35.5 Å². The van der Waals surface area contributed by atoms with E-state index < -0.39 is 0 Å². The minimum absolute atomic E-state index is 0.419. The van der Waals surface area contributed by atoms with E-state index in [0.29, 0.717) is 23.9 Å². The Hall–Kier alpha value is -2.69. The van der Waals surface area contributed by atoms with Gasteiger partial charge >= 0.3 is 0 Å². The first-order chi connectivity index (χ1) is 11.2. The van der Waals surface area contributed by atoms with E-state index >= 15 is 0 Å². The number of ether oxygens (including phenoxy) is 3. The van der Waals surface area contributed by atoms with Crippen molar-refractivity contribution in [1.29, 1.82) is 0 Å². The Bertz CT molecular complexity index is 643. The molecule has 0 aliphatic carbocycles. The number of benzene rings is 2. The molecule has 2 aromatic carbocycles. The molecule has 0 amide bonds. The second kappa shape index (κ2) is 8.08. The lowest BCUT2D eigenvalue weighted by Gasteiger charge is -2.13. The van der Waals surface area contributed by atoms with Gasteiger partial charge in [-0.15, -0.1) is 0 Å². The van der Waals surface area contributed by atoms with Gasteiger partial charge in [-0.05, 0) is 24.6 Å². The third-order valence-corrected chi connectivity index (χ3v) is 3.36. The van der Waals surface area contributed by atoms with Crippen LogP contribution in [0, 0.1) is 0 Å². The van der Waals surface area contributed by atoms with E-state index in [0.717, 1.165) is 16.8 Å². The zero-order valence-electron chi connectivity index (χ0n) is 13.8. The zero-order chi connectivity index (χ0) is 16.7. The molecule has 0 bridgehead atoms. The van der Waals surface area contributed by atoms with Crippen LogP contribution in [0.15, 0.2) is 47.6 Å². The first-order valence-electron chi connectivity index (χ1n) is 7.20. The minimum atomic E-state index is 0.419. The number of hydrogen-bond acceptors (Lipinski definition) is 5. The summed E-state index contributed by atoms with van der Waals surface area (Å²) >= 11 is 0. The summed E-state index contributed by atoms with van der Waals surface area (Å²) in [5.41, 5.74) is 2.63. The van der Waals surface area contributed by atoms with Crippen LogP contribution in [-0.2, 0) is 11.4 Å². The average molecular weight is 315 g/mol. The third kappa shape index (κ3) is 4.16. The first-order valence-corrected chi connectivity index (χ1v) is 7.20. The molecule has 0 saturated carbocycles. The van der Waals surface area contributed by atoms with Gasteiger partial charge in [0.1, 0.15) is 6.61 Å². The molecule has 0 N–H and O–H groups in total. The van der Waals surface area contributed by atoms with Gasteiger partial charge < -0.3 is 19.0 Å². The smallest absolute Gasteiger partial charge is 0.203 e. The Morgan fingerprint density at radius 3 is 2.04 bits per heavy atom. The van der Waals surface area contributed by atoms with Crippen molar-refractivity contribution in [2.24, 2.45) is 5.16 Å². The molecular weight excluding hydrogens is 294 g/mol. The van der Waals surface area contributed by atoms with Gasteiger partial charge in [0, 0.05) is 5.56 Å². The van der Waals surface area contributed by atoms with Gasteiger partial charge in [-0.2, -0.15) is 0 Å². The molecule has 0 aliphatic rings. The van der Waals surface area contributed by atoms with Crippen LogP contribution in [-0.4, -0.2) is 27.0 Å². The van der Waals surface area contributed by atoms with Crippen LogP contribution < -0.4 is 14.2 Å². The van der Waals surface area contributed by atoms with Gasteiger partial charge in [-0.25, -0.2) is 0 Å². The second-order valence-electron chi connectivity index (χ2n) is 4.85. The van der Waals surface area contributed by atoms with E-state index in [1.54, 1.807) is 21.3 Å². The molecule has 0 spiro atoms. The molecular formula is C18H21NO4. The summed E-state index contributed by atoms with van der Waals surface area (Å²) in [7, 11) is 4.74. The highest BCUT2D eigenvalue weighted by molar-refractivity contribution is 5.99. The maximum atomic E-state index is 5.41. The summed E-state index contributed by atoms with van der Waals surface area (Å²) in [5, 5.41) is 4.16. The quantitative estimate of drug-likeness (QED) is 0.578. The van der Waals surface area contributed by atoms with Crippen molar-refractivity contribution >= 4 is 5.71 Å². The van der Waals surface area contributed by atoms with E-state index in [1.807, 2.05) is 49.4 Å². The molecule has 0 atom stereocenters. The molecule has 2 rings (SSSR count). The lowest BCUT2D eigenvalue weighted by atomic mass is 10.1. The molecule has 2 aromatic rings. The number of methoxy groups -OCH3 is 3. The Labute approximate surface area is 136 Å². The van der Waals surface area contributed by atoms with Crippen LogP contribution in [0.25, 0.3) is 0 Å². The van der Waals surface area contributed by atoms with Crippen molar-refractivity contribution in [1.82, 2.24) is 0 Å². The molecule has 5 nitrogen and oxygen atoms in total. The molecule has 122 valence electrons. The van der Waals surface area contributed by atoms with Crippen molar-refractivity contribution in [3.05, 3.63) is 53.6 Å². The SMILES string of the molecule is COc1cc(/C(C)=N/OCc2ccccc2)cc(OC)c1OC. The fourth-order valence-corrected chi connectivity index (χ4v) is 2.12. The van der Waals surface area contributed by atoms with Crippen LogP contribution in [0.3, 0.4) is 0 Å². The maximum Gasteiger partial charge on any atom is 0.203 e. The highest BCUT2D eigenvalue weighted by atomic mass is 16.6. The molecule has 0 fully saturated rings. The van der Waals surface area contributed by atoms with Crippen LogP contribution in [0.2, 0.25) is 0 Å². The van der Waals surface area contributed by atoms with E-state index in [9.17, 15) is 0 Å². The van der Waals surface area contributed by atoms with E-state index in [2.05, 4.69) is 5.16 Å². The van der Waals surface area contributed by atoms with Gasteiger partial charge in [-0.3, -0.25) is 0 Å². The lowest BCUT2D eigenvalue weighted by Crippen LogP contribution is -2.01. The highest BCUT2D eigenvalue weighted by Crippen LogP contribution is 2.38. The summed E-state index contributed by atoms with van der Waals surface area (Å²) in [6, 6.07) is 13.6. The van der Waals surface area contributed by atoms with E-state index in [-0.39, 0.29) is 0 Å². The van der Waals surface area contributed by atoms with Crippen molar-refractivity contribution < 1.29 is 19.0 Å². The molecule has 0 unspecified atom stereocenters. The maximum absolute atomic E-state index is 5.41. The monoisotopic (exact) mass is 315 g/mol. The molecule has 0 aromatic heterocycles. The van der Waals surface area contributed by atoms with Crippen molar-refractivity contribution in [3.63, 3.8) is 0 Å². The third-order valence-electron chi connectivity index (χ3n) is 3.36. The topological polar surface area (TPSA) is 49.3 Å². The zero-order valence-corrected chi connectivity index (χ0v) is 13.8. The largest absolute Gasteiger partial charge is 0.493 e. The van der Waals surface area contributed by atoms with Crippen molar-refractivity contribution in [3.8, 4) is 17.2 Å². The molecule has 0 radical (unpaired) electrons. The number of rotatable bonds is 7. The predicted molar refractivity (Wildman–Crippen MR) is 89.5 cm³/mol. The summed E-state index contributed by atoms with van der Waals surface area (Å²) in [5.74, 6) is 1.72. The molecule has 0 heterocycles. The van der Waals surface area contributed by atoms with Crippen LogP contribution in [0.4, 0.5) is 0 Å². The average Bonchev–Trinajstić information content (AvgIpc) is 2.61. The molecule has 5 heteroatoms. The molecule has 0 aliphatic heterocycles. The van der Waals surface area contributed by atoms with Gasteiger partial charge in [0.15, 0.2) is 11.5 Å². The summed E-state index contributed by atoms with van der Waals surface area (Å²) in [4.78, 5) is 5.41. The van der Waals surface area contributed by atoms with Crippen molar-refractivity contribution in [2.75, 3.05) is 21.3 Å². The number of nitrogens with zero attached hydrogens (tertiary/aromatic N) is 1. The van der Waals surface area contributed by atoms with Gasteiger partial charge in [0.25, 0.3) is 0 Å². The summed E-state index contributed by atoms with van der Waals surface area (Å²) in [6.45, 7) is 2.29. The Kier molecular flexibility index (Phi) is 5.86. The van der Waals surface area contributed by atoms with Crippen LogP contribution in [0.5, 0.6) is 17.2 Å². The summed E-state index contributed by atoms with van der Waals surface area (Å²) < 4.78 is 16.0. The molecule has 23 heavy (non-hydrogen) atoms. The highest BCUT2D eigenvalue weighted by Gasteiger charge is 2.14. The number of hydrogen-bond donors (Lipinski definition) is 0. The van der Waals surface area contributed by atoms with Crippen LogP contribution in [0.1, 0.15) is 18.1 Å². The number of oxime groups is 1. The Morgan fingerprint density at radius 2 is 1.52 bits per heavy atom. The first kappa shape index (κ1) is 16.7. The van der Waals surface area contributed by atoms with Gasteiger partial charge in [0.05, 0.1) is 27.0 Å². The van der Waals surface area contributed by atoms with Gasteiger partial charge in [0.2, 0.25) is 5.75 Å². The standard InChI is InChI=1S/C18H21NO4/c1-13(19-23-12-14-8-6-5-7-9-14)15-10-16(20-2)18(22-4)17(11-15)21-3/h5-11H,12H2,1-4H3/b19-13+. The summed E-state index contributed by atoms with van der Waals surface area (Å²) in [6.07, 6.45) is 0. The normalized spacial score (nSPS) is 11.0.